The van der Waals surface area contributed by atoms with Gasteiger partial charge >= 0.3 is 0 Å². The Morgan fingerprint density at radius 2 is 2.18 bits per heavy atom. The number of anilines is 2. The summed E-state index contributed by atoms with van der Waals surface area (Å²) in [6.45, 7) is 1.88. The first-order chi connectivity index (χ1) is 8.06. The van der Waals surface area contributed by atoms with Crippen molar-refractivity contribution in [1.29, 1.82) is 0 Å². The molecule has 5 heteroatoms. The molecule has 4 nitrogen and oxygen atoms in total. The fourth-order valence-corrected chi connectivity index (χ4v) is 1.73. The molecule has 0 radical (unpaired) electrons. The molecule has 1 heterocycles. The van der Waals surface area contributed by atoms with Crippen LogP contribution in [0, 0.1) is 6.92 Å². The highest BCUT2D eigenvalue weighted by atomic mass is 35.5. The summed E-state index contributed by atoms with van der Waals surface area (Å²) in [5.41, 5.74) is 8.13. The van der Waals surface area contributed by atoms with E-state index >= 15 is 0 Å². The zero-order valence-corrected chi connectivity index (χ0v) is 10.0. The third-order valence-corrected chi connectivity index (χ3v) is 2.62. The smallest absolute Gasteiger partial charge is 0.272 e. The molecular formula is C12H12ClN3O. The van der Waals surface area contributed by atoms with E-state index in [4.69, 9.17) is 17.3 Å². The van der Waals surface area contributed by atoms with Crippen LogP contribution in [-0.4, -0.2) is 10.9 Å². The number of nitrogens with two attached hydrogens (primary N) is 1. The molecule has 1 amide bonds. The lowest BCUT2D eigenvalue weighted by atomic mass is 10.2. The number of aromatic amines is 1. The van der Waals surface area contributed by atoms with Gasteiger partial charge in [-0.3, -0.25) is 4.79 Å². The predicted molar refractivity (Wildman–Crippen MR) is 69.3 cm³/mol. The van der Waals surface area contributed by atoms with E-state index < -0.39 is 0 Å². The number of carbonyl (C=O) groups is 1. The molecule has 0 aliphatic rings. The van der Waals surface area contributed by atoms with Gasteiger partial charge in [0.05, 0.1) is 0 Å². The van der Waals surface area contributed by atoms with Gasteiger partial charge in [0.25, 0.3) is 5.91 Å². The van der Waals surface area contributed by atoms with E-state index in [1.54, 1.807) is 30.5 Å². The molecule has 4 N–H and O–H groups in total. The summed E-state index contributed by atoms with van der Waals surface area (Å²) >= 11 is 5.84. The first kappa shape index (κ1) is 11.5. The third kappa shape index (κ3) is 2.60. The van der Waals surface area contributed by atoms with Crippen LogP contribution in [-0.2, 0) is 0 Å². The van der Waals surface area contributed by atoms with Crippen molar-refractivity contribution in [3.05, 3.63) is 46.7 Å². The molecule has 0 aliphatic heterocycles. The summed E-state index contributed by atoms with van der Waals surface area (Å²) in [4.78, 5) is 14.6. The number of carbonyl (C=O) groups excluding carboxylic acids is 1. The fourth-order valence-electron chi connectivity index (χ4n) is 1.50. The van der Waals surface area contributed by atoms with E-state index in [9.17, 15) is 4.79 Å². The molecule has 2 aromatic rings. The lowest BCUT2D eigenvalue weighted by Gasteiger charge is -2.07. The number of benzene rings is 1. The highest BCUT2D eigenvalue weighted by molar-refractivity contribution is 6.30. The van der Waals surface area contributed by atoms with E-state index in [1.165, 1.54) is 0 Å². The molecule has 17 heavy (non-hydrogen) atoms. The number of H-pyrrole nitrogens is 1. The first-order valence-corrected chi connectivity index (χ1v) is 5.45. The summed E-state index contributed by atoms with van der Waals surface area (Å²) in [6, 6.07) is 6.87. The van der Waals surface area contributed by atoms with Crippen molar-refractivity contribution in [2.24, 2.45) is 0 Å². The van der Waals surface area contributed by atoms with E-state index in [-0.39, 0.29) is 5.91 Å². The van der Waals surface area contributed by atoms with Gasteiger partial charge in [0, 0.05) is 22.6 Å². The van der Waals surface area contributed by atoms with E-state index in [0.717, 1.165) is 11.3 Å². The summed E-state index contributed by atoms with van der Waals surface area (Å²) in [6.07, 6.45) is 1.57. The van der Waals surface area contributed by atoms with Crippen LogP contribution >= 0.6 is 11.6 Å². The van der Waals surface area contributed by atoms with Crippen LogP contribution < -0.4 is 11.1 Å². The summed E-state index contributed by atoms with van der Waals surface area (Å²) in [5.74, 6) is -0.230. The molecule has 0 atom stereocenters. The largest absolute Gasteiger partial charge is 0.397 e. The number of aromatic nitrogens is 1. The first-order valence-electron chi connectivity index (χ1n) is 5.07. The van der Waals surface area contributed by atoms with Crippen LogP contribution in [0.5, 0.6) is 0 Å². The zero-order chi connectivity index (χ0) is 12.4. The van der Waals surface area contributed by atoms with Crippen molar-refractivity contribution in [3.63, 3.8) is 0 Å². The van der Waals surface area contributed by atoms with E-state index in [2.05, 4.69) is 10.3 Å². The number of nitrogens with one attached hydrogen (secondary N) is 2. The highest BCUT2D eigenvalue weighted by Crippen LogP contribution is 2.20. The number of halogens is 1. The van der Waals surface area contributed by atoms with Gasteiger partial charge in [0.1, 0.15) is 5.69 Å². The number of nitrogen functional groups attached to an aromatic ring is 1. The lowest BCUT2D eigenvalue weighted by Crippen LogP contribution is -2.13. The second-order valence-corrected chi connectivity index (χ2v) is 4.20. The minimum absolute atomic E-state index is 0.230. The van der Waals surface area contributed by atoms with Gasteiger partial charge < -0.3 is 16.0 Å². The Morgan fingerprint density at radius 3 is 2.76 bits per heavy atom. The Hall–Kier alpha value is -1.94. The minimum atomic E-state index is -0.230. The topological polar surface area (TPSA) is 70.9 Å². The van der Waals surface area contributed by atoms with E-state index in [1.807, 2.05) is 6.92 Å². The van der Waals surface area contributed by atoms with Crippen LogP contribution in [0.2, 0.25) is 5.02 Å². The van der Waals surface area contributed by atoms with Crippen molar-refractivity contribution in [1.82, 2.24) is 4.98 Å². The predicted octanol–water partition coefficient (Wildman–Crippen LogP) is 2.81. The van der Waals surface area contributed by atoms with Crippen LogP contribution in [0.25, 0.3) is 0 Å². The highest BCUT2D eigenvalue weighted by Gasteiger charge is 2.09. The van der Waals surface area contributed by atoms with Crippen molar-refractivity contribution >= 4 is 28.9 Å². The Balaban J connectivity index is 2.18. The van der Waals surface area contributed by atoms with Gasteiger partial charge in [-0.05, 0) is 36.8 Å². The maximum absolute atomic E-state index is 11.8. The van der Waals surface area contributed by atoms with Gasteiger partial charge in [0.2, 0.25) is 0 Å². The third-order valence-electron chi connectivity index (χ3n) is 2.39. The van der Waals surface area contributed by atoms with Crippen LogP contribution in [0.3, 0.4) is 0 Å². The summed E-state index contributed by atoms with van der Waals surface area (Å²) < 4.78 is 0. The molecule has 0 saturated heterocycles. The van der Waals surface area contributed by atoms with Crippen LogP contribution in [0.15, 0.2) is 30.5 Å². The number of aryl methyl sites for hydroxylation is 1. The van der Waals surface area contributed by atoms with Crippen molar-refractivity contribution < 1.29 is 4.79 Å². The zero-order valence-electron chi connectivity index (χ0n) is 9.25. The van der Waals surface area contributed by atoms with Gasteiger partial charge in [-0.15, -0.1) is 0 Å². The van der Waals surface area contributed by atoms with Gasteiger partial charge in [-0.25, -0.2) is 0 Å². The number of rotatable bonds is 2. The molecular weight excluding hydrogens is 238 g/mol. The monoisotopic (exact) mass is 249 g/mol. The standard InChI is InChI=1S/C12H12ClN3O/c1-7-4-8(13)2-3-10(7)16-12(17)11-5-9(14)6-15-11/h2-6,15H,14H2,1H3,(H,16,17). The molecule has 0 aliphatic carbocycles. The lowest BCUT2D eigenvalue weighted by molar-refractivity contribution is 0.102. The molecule has 0 unspecified atom stereocenters. The number of hydrogen-bond acceptors (Lipinski definition) is 2. The molecule has 0 bridgehead atoms. The SMILES string of the molecule is Cc1cc(Cl)ccc1NC(=O)c1cc(N)c[nH]1. The molecule has 1 aromatic heterocycles. The fraction of sp³-hybridized carbons (Fsp3) is 0.0833. The molecule has 88 valence electrons. The second-order valence-electron chi connectivity index (χ2n) is 3.76. The Kier molecular flexibility index (Phi) is 3.06. The number of amides is 1. The summed E-state index contributed by atoms with van der Waals surface area (Å²) in [5, 5.41) is 3.43. The molecule has 0 saturated carbocycles. The Bertz CT molecular complexity index is 563. The molecule has 0 spiro atoms. The second kappa shape index (κ2) is 4.51. The Morgan fingerprint density at radius 1 is 1.41 bits per heavy atom. The average molecular weight is 250 g/mol. The van der Waals surface area contributed by atoms with Gasteiger partial charge in [-0.2, -0.15) is 0 Å². The maximum atomic E-state index is 11.8. The van der Waals surface area contributed by atoms with Gasteiger partial charge in [0.15, 0.2) is 0 Å². The van der Waals surface area contributed by atoms with Crippen LogP contribution in [0.4, 0.5) is 11.4 Å². The molecule has 0 fully saturated rings. The summed E-state index contributed by atoms with van der Waals surface area (Å²) in [7, 11) is 0. The maximum Gasteiger partial charge on any atom is 0.272 e. The van der Waals surface area contributed by atoms with E-state index in [0.29, 0.717) is 16.4 Å². The van der Waals surface area contributed by atoms with Crippen molar-refractivity contribution in [3.8, 4) is 0 Å². The minimum Gasteiger partial charge on any atom is -0.397 e. The Labute approximate surface area is 104 Å². The normalized spacial score (nSPS) is 10.2. The van der Waals surface area contributed by atoms with Crippen molar-refractivity contribution in [2.45, 2.75) is 6.92 Å². The quantitative estimate of drug-likeness (QED) is 0.766. The van der Waals surface area contributed by atoms with Gasteiger partial charge in [-0.1, -0.05) is 11.6 Å². The molecule has 2 rings (SSSR count). The molecule has 1 aromatic carbocycles. The van der Waals surface area contributed by atoms with Crippen molar-refractivity contribution in [2.75, 3.05) is 11.1 Å². The van der Waals surface area contributed by atoms with Crippen LogP contribution in [0.1, 0.15) is 16.1 Å². The average Bonchev–Trinajstić information content (AvgIpc) is 2.69. The number of hydrogen-bond donors (Lipinski definition) is 3.